The van der Waals surface area contributed by atoms with Gasteiger partial charge in [0, 0.05) is 11.6 Å². The molecule has 0 amide bonds. The first-order valence-corrected chi connectivity index (χ1v) is 6.39. The second-order valence-electron chi connectivity index (χ2n) is 3.22. The topological polar surface area (TPSA) is 46.2 Å². The minimum atomic E-state index is -5.27. The Bertz CT molecular complexity index is 470. The van der Waals surface area contributed by atoms with Crippen molar-refractivity contribution in [2.24, 2.45) is 0 Å². The lowest BCUT2D eigenvalue weighted by molar-refractivity contribution is -0.0447. The summed E-state index contributed by atoms with van der Waals surface area (Å²) in [6, 6.07) is 6.39. The summed E-state index contributed by atoms with van der Waals surface area (Å²) in [5.74, 6) is 0. The molecular weight excluding hydrogens is 279 g/mol. The van der Waals surface area contributed by atoms with E-state index in [-0.39, 0.29) is 13.0 Å². The van der Waals surface area contributed by atoms with Crippen molar-refractivity contribution >= 4 is 21.6 Å². The second kappa shape index (κ2) is 5.24. The zero-order chi connectivity index (χ0) is 13.1. The van der Waals surface area contributed by atoms with E-state index in [2.05, 4.69) is 0 Å². The number of sulfonamides is 1. The lowest BCUT2D eigenvalue weighted by Gasteiger charge is -2.09. The van der Waals surface area contributed by atoms with Crippen LogP contribution in [0.2, 0.25) is 5.02 Å². The summed E-state index contributed by atoms with van der Waals surface area (Å²) >= 11 is 5.62. The number of nitrogens with one attached hydrogen (secondary N) is 1. The average Bonchev–Trinajstić information content (AvgIpc) is 2.19. The van der Waals surface area contributed by atoms with Gasteiger partial charge in [0.15, 0.2) is 0 Å². The van der Waals surface area contributed by atoms with Gasteiger partial charge in [-0.25, -0.2) is 13.1 Å². The molecule has 0 saturated heterocycles. The molecule has 0 atom stereocenters. The van der Waals surface area contributed by atoms with Crippen LogP contribution in [-0.2, 0) is 16.4 Å². The van der Waals surface area contributed by atoms with E-state index in [0.717, 1.165) is 0 Å². The third-order valence-electron chi connectivity index (χ3n) is 1.92. The molecule has 0 bridgehead atoms. The summed E-state index contributed by atoms with van der Waals surface area (Å²) in [7, 11) is -5.25. The molecular formula is C9H9ClF3NO2S. The molecule has 0 fully saturated rings. The Hall–Kier alpha value is -0.790. The van der Waals surface area contributed by atoms with Crippen molar-refractivity contribution in [3.05, 3.63) is 34.9 Å². The van der Waals surface area contributed by atoms with Crippen molar-refractivity contribution < 1.29 is 21.6 Å². The quantitative estimate of drug-likeness (QED) is 0.924. The molecule has 1 rings (SSSR count). The van der Waals surface area contributed by atoms with Gasteiger partial charge in [-0.15, -0.1) is 0 Å². The third-order valence-corrected chi connectivity index (χ3v) is 3.37. The van der Waals surface area contributed by atoms with E-state index >= 15 is 0 Å². The zero-order valence-electron chi connectivity index (χ0n) is 8.46. The van der Waals surface area contributed by atoms with Crippen LogP contribution in [0, 0.1) is 0 Å². The smallest absolute Gasteiger partial charge is 0.207 e. The molecule has 8 heteroatoms. The van der Waals surface area contributed by atoms with Crippen LogP contribution in [0.25, 0.3) is 0 Å². The number of hydrogen-bond donors (Lipinski definition) is 1. The average molecular weight is 288 g/mol. The number of halogens is 4. The Balaban J connectivity index is 2.52. The molecule has 96 valence electrons. The van der Waals surface area contributed by atoms with Gasteiger partial charge in [0.05, 0.1) is 0 Å². The molecule has 1 aromatic rings. The van der Waals surface area contributed by atoms with Crippen LogP contribution in [0.4, 0.5) is 13.2 Å². The van der Waals surface area contributed by atoms with Crippen LogP contribution < -0.4 is 4.72 Å². The van der Waals surface area contributed by atoms with Crippen molar-refractivity contribution in [3.63, 3.8) is 0 Å². The van der Waals surface area contributed by atoms with Crippen LogP contribution in [-0.4, -0.2) is 20.5 Å². The van der Waals surface area contributed by atoms with E-state index in [0.29, 0.717) is 10.6 Å². The Morgan fingerprint density at radius 2 is 1.71 bits per heavy atom. The molecule has 0 saturated carbocycles. The Kier molecular flexibility index (Phi) is 4.40. The Labute approximate surface area is 102 Å². The minimum absolute atomic E-state index is 0.159. The number of benzene rings is 1. The summed E-state index contributed by atoms with van der Waals surface area (Å²) in [6.07, 6.45) is 0.159. The van der Waals surface area contributed by atoms with Crippen LogP contribution in [0.5, 0.6) is 0 Å². The summed E-state index contributed by atoms with van der Waals surface area (Å²) in [4.78, 5) is 0. The SMILES string of the molecule is O=S(=O)(NCCc1ccc(Cl)cc1)C(F)(F)F. The summed E-state index contributed by atoms with van der Waals surface area (Å²) < 4.78 is 58.6. The normalized spacial score (nSPS) is 12.7. The molecule has 0 heterocycles. The predicted octanol–water partition coefficient (Wildman–Crippen LogP) is 2.32. The van der Waals surface area contributed by atoms with E-state index in [1.807, 2.05) is 0 Å². The molecule has 0 radical (unpaired) electrons. The molecule has 1 N–H and O–H groups in total. The largest absolute Gasteiger partial charge is 0.511 e. The van der Waals surface area contributed by atoms with Crippen LogP contribution in [0.3, 0.4) is 0 Å². The van der Waals surface area contributed by atoms with Gasteiger partial charge in [-0.1, -0.05) is 23.7 Å². The molecule has 0 aliphatic rings. The Morgan fingerprint density at radius 1 is 1.18 bits per heavy atom. The van der Waals surface area contributed by atoms with Crippen LogP contribution >= 0.6 is 11.6 Å². The van der Waals surface area contributed by atoms with Crippen molar-refractivity contribution in [2.45, 2.75) is 11.9 Å². The maximum absolute atomic E-state index is 11.9. The monoisotopic (exact) mass is 287 g/mol. The van der Waals surface area contributed by atoms with Gasteiger partial charge in [0.1, 0.15) is 0 Å². The highest BCUT2D eigenvalue weighted by Gasteiger charge is 2.45. The first-order valence-electron chi connectivity index (χ1n) is 4.53. The van der Waals surface area contributed by atoms with Crippen molar-refractivity contribution in [1.29, 1.82) is 0 Å². The highest BCUT2D eigenvalue weighted by atomic mass is 35.5. The molecule has 0 aliphatic carbocycles. The fourth-order valence-corrected chi connectivity index (χ4v) is 1.72. The molecule has 1 aromatic carbocycles. The maximum atomic E-state index is 11.9. The van der Waals surface area contributed by atoms with E-state index in [9.17, 15) is 21.6 Å². The van der Waals surface area contributed by atoms with E-state index in [4.69, 9.17) is 11.6 Å². The van der Waals surface area contributed by atoms with Gasteiger partial charge in [-0.2, -0.15) is 13.2 Å². The summed E-state index contributed by atoms with van der Waals surface area (Å²) in [6.45, 7) is -0.316. The fraction of sp³-hybridized carbons (Fsp3) is 0.333. The van der Waals surface area contributed by atoms with Crippen LogP contribution in [0.1, 0.15) is 5.56 Å². The van der Waals surface area contributed by atoms with Crippen LogP contribution in [0.15, 0.2) is 24.3 Å². The standard InChI is InChI=1S/C9H9ClF3NO2S/c10-8-3-1-7(2-4-8)5-6-14-17(15,16)9(11,12)13/h1-4,14H,5-6H2. The highest BCUT2D eigenvalue weighted by Crippen LogP contribution is 2.21. The minimum Gasteiger partial charge on any atom is -0.207 e. The van der Waals surface area contributed by atoms with Crippen molar-refractivity contribution in [1.82, 2.24) is 4.72 Å². The van der Waals surface area contributed by atoms with E-state index in [1.54, 1.807) is 24.3 Å². The maximum Gasteiger partial charge on any atom is 0.511 e. The Morgan fingerprint density at radius 3 is 2.18 bits per heavy atom. The highest BCUT2D eigenvalue weighted by molar-refractivity contribution is 7.90. The predicted molar refractivity (Wildman–Crippen MR) is 58.1 cm³/mol. The molecule has 0 aromatic heterocycles. The zero-order valence-corrected chi connectivity index (χ0v) is 10.0. The van der Waals surface area contributed by atoms with E-state index < -0.39 is 15.5 Å². The molecule has 3 nitrogen and oxygen atoms in total. The fourth-order valence-electron chi connectivity index (χ4n) is 1.06. The summed E-state index contributed by atoms with van der Waals surface area (Å²) in [5, 5.41) is 0.504. The van der Waals surface area contributed by atoms with Gasteiger partial charge in [0.2, 0.25) is 0 Å². The van der Waals surface area contributed by atoms with Gasteiger partial charge < -0.3 is 0 Å². The molecule has 0 unspecified atom stereocenters. The van der Waals surface area contributed by atoms with Gasteiger partial charge in [-0.05, 0) is 24.1 Å². The molecule has 0 aliphatic heterocycles. The lowest BCUT2D eigenvalue weighted by Crippen LogP contribution is -2.37. The first-order chi connectivity index (χ1) is 7.72. The van der Waals surface area contributed by atoms with Gasteiger partial charge in [-0.3, -0.25) is 0 Å². The van der Waals surface area contributed by atoms with Gasteiger partial charge >= 0.3 is 15.5 Å². The van der Waals surface area contributed by atoms with Crippen molar-refractivity contribution in [3.8, 4) is 0 Å². The second-order valence-corrected chi connectivity index (χ2v) is 5.41. The number of rotatable bonds is 4. The van der Waals surface area contributed by atoms with E-state index in [1.165, 1.54) is 4.72 Å². The molecule has 17 heavy (non-hydrogen) atoms. The first kappa shape index (κ1) is 14.3. The van der Waals surface area contributed by atoms with Crippen molar-refractivity contribution in [2.75, 3.05) is 6.54 Å². The molecule has 0 spiro atoms. The number of hydrogen-bond acceptors (Lipinski definition) is 2. The summed E-state index contributed by atoms with van der Waals surface area (Å²) in [5.41, 5.74) is -4.58. The van der Waals surface area contributed by atoms with Gasteiger partial charge in [0.25, 0.3) is 0 Å². The lowest BCUT2D eigenvalue weighted by atomic mass is 10.2. The third kappa shape index (κ3) is 4.18. The number of alkyl halides is 3.